The predicted octanol–water partition coefficient (Wildman–Crippen LogP) is 6.09. The normalized spacial score (nSPS) is 20.9. The molecule has 0 heterocycles. The number of hydrogen-bond donors (Lipinski definition) is 17. The second-order valence-corrected chi connectivity index (χ2v) is 44.5. The molecule has 0 aliphatic carbocycles. The third kappa shape index (κ3) is 70.0. The number of rotatable bonds is 83. The Morgan fingerprint density at radius 1 is 0.157 bits per heavy atom. The first-order valence-corrected chi connectivity index (χ1v) is 57.0. The maximum Gasteiger partial charge on any atom is 0.472 e. The van der Waals surface area contributed by atoms with Gasteiger partial charge in [0, 0.05) is 36.2 Å². The van der Waals surface area contributed by atoms with E-state index < -0.39 is 332 Å². The van der Waals surface area contributed by atoms with Crippen LogP contribution in [0.4, 0.5) is 0 Å². The summed E-state index contributed by atoms with van der Waals surface area (Å²) in [6.07, 6.45) is 0.962. The van der Waals surface area contributed by atoms with Crippen molar-refractivity contribution >= 4 is 117 Å². The van der Waals surface area contributed by atoms with Crippen molar-refractivity contribution < 1.29 is 283 Å². The summed E-state index contributed by atoms with van der Waals surface area (Å²) in [6.45, 7) is -15.3. The lowest BCUT2D eigenvalue weighted by Gasteiger charge is -2.21. The zero-order valence-corrected chi connectivity index (χ0v) is 78.3. The van der Waals surface area contributed by atoms with Crippen LogP contribution in [0.15, 0.2) is 0 Å². The van der Waals surface area contributed by atoms with Crippen LogP contribution in [0.25, 0.3) is 0 Å². The van der Waals surface area contributed by atoms with Gasteiger partial charge < -0.3 is 83.4 Å². The van der Waals surface area contributed by atoms with Crippen LogP contribution in [-0.4, -0.2) is 282 Å². The number of aliphatic hydroxyl groups excluding tert-OH is 1. The highest BCUT2D eigenvalue weighted by Crippen LogP contribution is 2.55. The van der Waals surface area contributed by atoms with E-state index in [1.54, 1.807) is 20.8 Å². The fraction of sp³-hybridized carbons (Fsp3) is 1.00. The van der Waals surface area contributed by atoms with Crippen molar-refractivity contribution in [3.8, 4) is 0 Å². The Balaban J connectivity index is 4.50. The van der Waals surface area contributed by atoms with Crippen LogP contribution in [0.2, 0.25) is 0 Å². The van der Waals surface area contributed by atoms with E-state index in [0.29, 0.717) is 6.42 Å². The van der Waals surface area contributed by atoms with Crippen molar-refractivity contribution in [2.75, 3.05) is 198 Å². The fourth-order valence-electron chi connectivity index (χ4n) is 6.81. The second-order valence-electron chi connectivity index (χ2n) is 22.9. The van der Waals surface area contributed by atoms with Gasteiger partial charge in [0.2, 0.25) is 0 Å². The van der Waals surface area contributed by atoms with Crippen LogP contribution in [0.3, 0.4) is 0 Å². The molecule has 0 aliphatic heterocycles. The van der Waals surface area contributed by atoms with E-state index in [-0.39, 0.29) is 38.9 Å². The van der Waals surface area contributed by atoms with E-state index in [1.807, 2.05) is 0 Å². The Labute approximate surface area is 692 Å². The third-order valence-electron chi connectivity index (χ3n) is 13.3. The minimum Gasteiger partial charge on any atom is -0.396 e. The highest BCUT2D eigenvalue weighted by Gasteiger charge is 2.36. The topological polar surface area (TPSA) is 868 Å². The Hall–Kier alpha value is 1.61. The highest BCUT2D eigenvalue weighted by molar-refractivity contribution is 7.51. The molecule has 19 atom stereocenters. The molecule has 0 amide bonds. The van der Waals surface area contributed by atoms with Crippen molar-refractivity contribution in [3.05, 3.63) is 0 Å². The zero-order chi connectivity index (χ0) is 92.6. The number of phosphoric acid groups is 15. The van der Waals surface area contributed by atoms with Crippen LogP contribution in [0.1, 0.15) is 66.7 Å². The summed E-state index contributed by atoms with van der Waals surface area (Å²) >= 11 is 0. The van der Waals surface area contributed by atoms with Gasteiger partial charge in [-0.25, -0.2) is 68.5 Å². The van der Waals surface area contributed by atoms with Crippen molar-refractivity contribution in [2.45, 2.75) is 66.7 Å². The van der Waals surface area contributed by atoms with Crippen LogP contribution >= 0.6 is 117 Å². The van der Waals surface area contributed by atoms with E-state index in [1.165, 1.54) is 13.8 Å². The monoisotopic (exact) mass is 2090 g/mol. The number of aliphatic hydroxyl groups is 1. The van der Waals surface area contributed by atoms with Crippen molar-refractivity contribution in [2.24, 2.45) is 29.6 Å². The maximum absolute atomic E-state index is 12.5. The molecule has 0 aliphatic rings. The molecular formula is C45H107O61P15. The van der Waals surface area contributed by atoms with Crippen molar-refractivity contribution in [1.29, 1.82) is 0 Å². The van der Waals surface area contributed by atoms with Crippen LogP contribution < -0.4 is 0 Å². The van der Waals surface area contributed by atoms with Gasteiger partial charge in [-0.1, -0.05) is 34.6 Å². The first-order chi connectivity index (χ1) is 55.6. The van der Waals surface area contributed by atoms with Crippen LogP contribution in [-0.2, 0) is 200 Å². The summed E-state index contributed by atoms with van der Waals surface area (Å²) in [5.74, 6) is -3.78. The Bertz CT molecular complexity index is 3660. The molecule has 728 valence electrons. The van der Waals surface area contributed by atoms with Crippen LogP contribution in [0.5, 0.6) is 0 Å². The molecule has 0 aromatic carbocycles. The zero-order valence-electron chi connectivity index (χ0n) is 64.9. The molecule has 0 bridgehead atoms. The van der Waals surface area contributed by atoms with Gasteiger partial charge in [-0.05, 0) is 32.1 Å². The van der Waals surface area contributed by atoms with E-state index in [0.717, 1.165) is 0 Å². The first-order valence-electron chi connectivity index (χ1n) is 34.6. The van der Waals surface area contributed by atoms with Gasteiger partial charge in [0.1, 0.15) is 0 Å². The summed E-state index contributed by atoms with van der Waals surface area (Å²) in [5.41, 5.74) is 0. The van der Waals surface area contributed by atoms with Gasteiger partial charge >= 0.3 is 117 Å². The van der Waals surface area contributed by atoms with Gasteiger partial charge in [-0.15, -0.1) is 0 Å². The molecule has 0 aromatic rings. The Morgan fingerprint density at radius 3 is 0.339 bits per heavy atom. The van der Waals surface area contributed by atoms with Gasteiger partial charge in [0.05, 0.1) is 192 Å². The lowest BCUT2D eigenvalue weighted by molar-refractivity contribution is 0.0640. The van der Waals surface area contributed by atoms with E-state index in [9.17, 15) is 137 Å². The quantitative estimate of drug-likeness (QED) is 0.0242. The molecule has 0 saturated heterocycles. The molecule has 121 heavy (non-hydrogen) atoms. The second kappa shape index (κ2) is 60.8. The van der Waals surface area contributed by atoms with Gasteiger partial charge in [0.25, 0.3) is 0 Å². The molecule has 0 aromatic heterocycles. The van der Waals surface area contributed by atoms with E-state index >= 15 is 0 Å². The molecule has 61 nitrogen and oxygen atoms in total. The Morgan fingerprint density at radius 2 is 0.248 bits per heavy atom. The molecule has 0 spiro atoms. The maximum atomic E-state index is 12.5. The summed E-state index contributed by atoms with van der Waals surface area (Å²) in [7, 11) is -73.8. The van der Waals surface area contributed by atoms with Gasteiger partial charge in [-0.3, -0.25) is 131 Å². The standard InChI is InChI=1S/C45H107O61P15/c1-6-41(31-46)32-99-114(62,63)90-25-26-93-117(68,69)102-37-44(9-4)38-104-119(72,73)95-29-30-97-121(76,77)106-40-45(10-5)39-105-120(74,75)96-28-27-94-118(70,71)103-36-43(8-3)35-101-116(66,67)92-24-22-89-113(60,61)87-20-18-85-111(56,57)83-16-14-81-109(52,53)79-12-11-78-108(50,51)80-13-15-82-110(54,55)84-17-19-86-112(58,59)88-21-23-91-115(64,65)100-34-42(7-2)33-98-107(47,48)49/h41-46H,6-40H2,1-5H3,(H,50,51)(H,52,53)(H,54,55)(H,56,57)(H,58,59)(H,60,61)(H,62,63)(H,64,65)(H,66,67)(H,68,69)(H,70,71)(H,72,73)(H,74,75)(H,76,77)(H2,47,48,49). The minimum atomic E-state index is -5.04. The smallest absolute Gasteiger partial charge is 0.396 e. The van der Waals surface area contributed by atoms with E-state index in [4.69, 9.17) is 64.7 Å². The van der Waals surface area contributed by atoms with Crippen molar-refractivity contribution in [1.82, 2.24) is 0 Å². The van der Waals surface area contributed by atoms with Gasteiger partial charge in [-0.2, -0.15) is 0 Å². The minimum absolute atomic E-state index is 0.0658. The fourth-order valence-corrected chi connectivity index (χ4v) is 17.6. The summed E-state index contributed by atoms with van der Waals surface area (Å²) < 4.78 is 316. The third-order valence-corrected chi connectivity index (χ3v) is 27.8. The van der Waals surface area contributed by atoms with Crippen LogP contribution in [0, 0.1) is 29.6 Å². The molecular weight excluding hydrogens is 1980 g/mol. The molecule has 17 N–H and O–H groups in total. The highest BCUT2D eigenvalue weighted by atomic mass is 31.2. The van der Waals surface area contributed by atoms with E-state index in [2.05, 4.69) is 81.4 Å². The largest absolute Gasteiger partial charge is 0.472 e. The molecule has 19 unspecified atom stereocenters. The lowest BCUT2D eigenvalue weighted by Crippen LogP contribution is -2.17. The van der Waals surface area contributed by atoms with Gasteiger partial charge in [0.15, 0.2) is 0 Å². The average molecular weight is 2090 g/mol. The first kappa shape index (κ1) is 123. The summed E-state index contributed by atoms with van der Waals surface area (Å²) in [4.78, 5) is 156. The molecule has 0 fully saturated rings. The summed E-state index contributed by atoms with van der Waals surface area (Å²) in [5, 5.41) is 9.16. The SMILES string of the molecule is CCC(CO)COP(=O)(O)OCCOP(=O)(O)OCC(CC)COP(=O)(O)OCCOP(=O)(O)OCC(CC)COP(=O)(O)OCCOP(=O)(O)OCC(CC)COP(=O)(O)OCCOP(=O)(O)OCCOP(=O)(O)OCCOP(=O)(O)OCCOP(=O)(O)OCCOP(=O)(O)OCCOP(=O)(O)OCCOP(=O)(O)OCC(CC)COP(=O)(O)O. The molecule has 0 saturated carbocycles. The number of hydrogen-bond acceptors (Lipinski definition) is 45. The summed E-state index contributed by atoms with van der Waals surface area (Å²) in [6, 6.07) is 0. The van der Waals surface area contributed by atoms with Crippen molar-refractivity contribution in [3.63, 3.8) is 0 Å². The average Bonchev–Trinajstić information content (AvgIpc) is 0.892. The predicted molar refractivity (Wildman–Crippen MR) is 398 cm³/mol. The molecule has 76 heteroatoms. The lowest BCUT2D eigenvalue weighted by atomic mass is 10.1. The molecule has 0 radical (unpaired) electrons. The number of phosphoric ester groups is 15. The Kier molecular flexibility index (Phi) is 61.6. The molecule has 0 rings (SSSR count).